The Balaban J connectivity index is 2.30. The molecule has 0 aliphatic heterocycles. The van der Waals surface area contributed by atoms with E-state index in [1.807, 2.05) is 50.5 Å². The summed E-state index contributed by atoms with van der Waals surface area (Å²) in [6.45, 7) is 0. The van der Waals surface area contributed by atoms with Gasteiger partial charge in [-0.05, 0) is 35.3 Å². The predicted octanol–water partition coefficient (Wildman–Crippen LogP) is 4.16. The van der Waals surface area contributed by atoms with Crippen LogP contribution < -0.4 is 0 Å². The van der Waals surface area contributed by atoms with E-state index in [1.54, 1.807) is 24.3 Å². The van der Waals surface area contributed by atoms with Crippen LogP contribution in [-0.2, 0) is 0 Å². The fourth-order valence-electron chi connectivity index (χ4n) is 2.42. The first-order valence-electron chi connectivity index (χ1n) is 8.07. The second kappa shape index (κ2) is 8.88. The lowest BCUT2D eigenvalue weighted by molar-refractivity contribution is 0.531. The van der Waals surface area contributed by atoms with E-state index in [1.165, 1.54) is 0 Å². The quantitative estimate of drug-likeness (QED) is 0.724. The summed E-state index contributed by atoms with van der Waals surface area (Å²) >= 11 is 0. The van der Waals surface area contributed by atoms with Crippen LogP contribution in [0.15, 0.2) is 94.3 Å². The standard InChI is InChI=1S/C22H18N4/c1-26(2)21-12-10-18(13-21)8-7-17-5-3-4-6-19(11-9-17)22(16-25)20(14-23)15-24/h3-4,6-13H,5H2,1-2H3/b4-3-,11-9-,17-7-,18-8-,19-6+. The van der Waals surface area contributed by atoms with E-state index in [4.69, 9.17) is 10.5 Å². The van der Waals surface area contributed by atoms with Crippen LogP contribution in [0.4, 0.5) is 0 Å². The largest absolute Gasteiger partial charge is 0.378 e. The van der Waals surface area contributed by atoms with Gasteiger partial charge in [-0.25, -0.2) is 0 Å². The van der Waals surface area contributed by atoms with Gasteiger partial charge >= 0.3 is 0 Å². The highest BCUT2D eigenvalue weighted by Gasteiger charge is 2.10. The number of likely N-dealkylation sites (N-methyl/N-ethyl adjacent to an activating group) is 1. The summed E-state index contributed by atoms with van der Waals surface area (Å²) in [5.74, 6) is 0. The van der Waals surface area contributed by atoms with Crippen molar-refractivity contribution in [3.8, 4) is 18.2 Å². The lowest BCUT2D eigenvalue weighted by Crippen LogP contribution is -2.07. The molecule has 0 radical (unpaired) electrons. The lowest BCUT2D eigenvalue weighted by Gasteiger charge is -2.10. The van der Waals surface area contributed by atoms with Gasteiger partial charge in [-0.1, -0.05) is 48.6 Å². The molecule has 0 saturated carbocycles. The molecule has 0 aromatic rings. The summed E-state index contributed by atoms with van der Waals surface area (Å²) in [6, 6.07) is 5.51. The summed E-state index contributed by atoms with van der Waals surface area (Å²) in [6.07, 6.45) is 20.3. The summed E-state index contributed by atoms with van der Waals surface area (Å²) in [7, 11) is 4.01. The monoisotopic (exact) mass is 338 g/mol. The van der Waals surface area contributed by atoms with Crippen LogP contribution >= 0.6 is 0 Å². The van der Waals surface area contributed by atoms with Crippen LogP contribution in [0.1, 0.15) is 6.42 Å². The van der Waals surface area contributed by atoms with Crippen LogP contribution in [0.5, 0.6) is 0 Å². The normalized spacial score (nSPS) is 22.7. The second-order valence-electron chi connectivity index (χ2n) is 5.88. The molecular formula is C22H18N4. The Morgan fingerprint density at radius 3 is 2.38 bits per heavy atom. The lowest BCUT2D eigenvalue weighted by atomic mass is 9.98. The molecule has 2 rings (SSSR count). The minimum Gasteiger partial charge on any atom is -0.378 e. The van der Waals surface area contributed by atoms with Crippen LogP contribution in [0.25, 0.3) is 0 Å². The maximum Gasteiger partial charge on any atom is 0.148 e. The number of nitriles is 3. The van der Waals surface area contributed by atoms with Crippen molar-refractivity contribution in [3.05, 3.63) is 94.3 Å². The van der Waals surface area contributed by atoms with Crippen LogP contribution in [0.3, 0.4) is 0 Å². The number of allylic oxidation sites excluding steroid dienone is 15. The van der Waals surface area contributed by atoms with Gasteiger partial charge in [0, 0.05) is 19.8 Å². The van der Waals surface area contributed by atoms with E-state index in [0.717, 1.165) is 23.3 Å². The molecule has 0 N–H and O–H groups in total. The van der Waals surface area contributed by atoms with Gasteiger partial charge in [-0.2, -0.15) is 15.8 Å². The molecule has 0 fully saturated rings. The zero-order valence-electron chi connectivity index (χ0n) is 14.8. The van der Waals surface area contributed by atoms with E-state index in [2.05, 4.69) is 23.1 Å². The molecule has 126 valence electrons. The Labute approximate surface area is 154 Å². The van der Waals surface area contributed by atoms with Gasteiger partial charge in [-0.15, -0.1) is 0 Å². The van der Waals surface area contributed by atoms with Crippen LogP contribution in [0.2, 0.25) is 0 Å². The fraction of sp³-hybridized carbons (Fsp3) is 0.136. The Morgan fingerprint density at radius 1 is 1.00 bits per heavy atom. The minimum absolute atomic E-state index is 0.0905. The van der Waals surface area contributed by atoms with Gasteiger partial charge < -0.3 is 4.90 Å². The van der Waals surface area contributed by atoms with Gasteiger partial charge in [0.15, 0.2) is 0 Å². The molecule has 2 aliphatic carbocycles. The molecule has 4 heteroatoms. The van der Waals surface area contributed by atoms with Crippen molar-refractivity contribution < 1.29 is 0 Å². The topological polar surface area (TPSA) is 74.6 Å². The Hall–Kier alpha value is -3.81. The first-order chi connectivity index (χ1) is 12.6. The van der Waals surface area contributed by atoms with Crippen molar-refractivity contribution >= 4 is 0 Å². The maximum absolute atomic E-state index is 9.30. The zero-order chi connectivity index (χ0) is 18.9. The van der Waals surface area contributed by atoms with Crippen molar-refractivity contribution in [2.75, 3.05) is 14.1 Å². The first kappa shape index (κ1) is 18.5. The van der Waals surface area contributed by atoms with Crippen LogP contribution in [0, 0.1) is 34.0 Å². The molecule has 0 spiro atoms. The highest BCUT2D eigenvalue weighted by atomic mass is 15.1. The molecule has 4 nitrogen and oxygen atoms in total. The molecule has 26 heavy (non-hydrogen) atoms. The van der Waals surface area contributed by atoms with Crippen molar-refractivity contribution in [3.63, 3.8) is 0 Å². The Morgan fingerprint density at radius 2 is 1.77 bits per heavy atom. The molecular weight excluding hydrogens is 320 g/mol. The van der Waals surface area contributed by atoms with E-state index >= 15 is 0 Å². The van der Waals surface area contributed by atoms with Gasteiger partial charge in [0.2, 0.25) is 0 Å². The van der Waals surface area contributed by atoms with Gasteiger partial charge in [0.25, 0.3) is 0 Å². The maximum atomic E-state index is 9.30. The molecule has 0 saturated heterocycles. The molecule has 2 aliphatic rings. The number of nitrogens with zero attached hydrogens (tertiary/aromatic N) is 4. The summed E-state index contributed by atoms with van der Waals surface area (Å²) in [5.41, 5.74) is 3.79. The number of hydrogen-bond donors (Lipinski definition) is 0. The third kappa shape index (κ3) is 4.60. The third-order valence-electron chi connectivity index (χ3n) is 3.88. The van der Waals surface area contributed by atoms with E-state index in [-0.39, 0.29) is 11.1 Å². The molecule has 0 aromatic heterocycles. The molecule has 0 amide bonds. The summed E-state index contributed by atoms with van der Waals surface area (Å²) in [4.78, 5) is 2.05. The van der Waals surface area contributed by atoms with Gasteiger partial charge in [-0.3, -0.25) is 0 Å². The van der Waals surface area contributed by atoms with Crippen molar-refractivity contribution in [2.24, 2.45) is 0 Å². The zero-order valence-corrected chi connectivity index (χ0v) is 14.8. The smallest absolute Gasteiger partial charge is 0.148 e. The summed E-state index contributed by atoms with van der Waals surface area (Å²) < 4.78 is 0. The molecule has 0 unspecified atom stereocenters. The van der Waals surface area contributed by atoms with Gasteiger partial charge in [0.1, 0.15) is 23.8 Å². The molecule has 0 aromatic carbocycles. The van der Waals surface area contributed by atoms with E-state index < -0.39 is 0 Å². The Bertz CT molecular complexity index is 937. The Kier molecular flexibility index (Phi) is 6.33. The second-order valence-corrected chi connectivity index (χ2v) is 5.88. The van der Waals surface area contributed by atoms with Crippen molar-refractivity contribution in [2.45, 2.75) is 6.42 Å². The molecule has 0 atom stereocenters. The number of hydrogen-bond acceptors (Lipinski definition) is 4. The molecule has 0 heterocycles. The number of rotatable bonds is 3. The SMILES string of the molecule is CN(C)C1=C\C(=C/C=C2\C=C/C(C(C#N)=C(C#N)C#N)=C\C=C/C2)C=C1. The summed E-state index contributed by atoms with van der Waals surface area (Å²) in [5, 5.41) is 27.3. The highest BCUT2D eigenvalue weighted by molar-refractivity contribution is 5.60. The minimum atomic E-state index is -0.178. The van der Waals surface area contributed by atoms with E-state index in [0.29, 0.717) is 5.57 Å². The average Bonchev–Trinajstić information content (AvgIpc) is 3.09. The average molecular weight is 338 g/mol. The van der Waals surface area contributed by atoms with E-state index in [9.17, 15) is 5.26 Å². The van der Waals surface area contributed by atoms with Gasteiger partial charge in [0.05, 0.1) is 5.57 Å². The van der Waals surface area contributed by atoms with Crippen molar-refractivity contribution in [1.29, 1.82) is 15.8 Å². The van der Waals surface area contributed by atoms with Crippen LogP contribution in [-0.4, -0.2) is 19.0 Å². The fourth-order valence-corrected chi connectivity index (χ4v) is 2.42. The first-order valence-corrected chi connectivity index (χ1v) is 8.07. The predicted molar refractivity (Wildman–Crippen MR) is 102 cm³/mol. The third-order valence-corrected chi connectivity index (χ3v) is 3.88. The molecule has 0 bridgehead atoms. The van der Waals surface area contributed by atoms with Crippen molar-refractivity contribution in [1.82, 2.24) is 4.90 Å². The highest BCUT2D eigenvalue weighted by Crippen LogP contribution is 2.21.